The zero-order valence-electron chi connectivity index (χ0n) is 13.2. The van der Waals surface area contributed by atoms with E-state index < -0.39 is 21.8 Å². The second kappa shape index (κ2) is 7.79. The summed E-state index contributed by atoms with van der Waals surface area (Å²) in [6.07, 6.45) is 0.346. The molecular formula is C15H18N4O4S. The molecule has 0 saturated carbocycles. The van der Waals surface area contributed by atoms with Crippen molar-refractivity contribution in [3.63, 3.8) is 0 Å². The molecule has 9 heteroatoms. The molecule has 0 radical (unpaired) electrons. The fourth-order valence-electron chi connectivity index (χ4n) is 2.20. The fraction of sp³-hybridized carbons (Fsp3) is 0.400. The van der Waals surface area contributed by atoms with Crippen molar-refractivity contribution < 1.29 is 17.9 Å². The lowest BCUT2D eigenvalue weighted by molar-refractivity contribution is -0.115. The van der Waals surface area contributed by atoms with Crippen molar-refractivity contribution in [2.45, 2.75) is 19.4 Å². The van der Waals surface area contributed by atoms with Crippen molar-refractivity contribution in [1.82, 2.24) is 5.32 Å². The van der Waals surface area contributed by atoms with E-state index in [4.69, 9.17) is 10.00 Å². The Morgan fingerprint density at radius 1 is 1.42 bits per heavy atom. The average Bonchev–Trinajstić information content (AvgIpc) is 2.88. The van der Waals surface area contributed by atoms with E-state index in [1.165, 1.54) is 0 Å². The molecule has 0 aromatic heterocycles. The van der Waals surface area contributed by atoms with E-state index in [-0.39, 0.29) is 17.2 Å². The molecule has 2 rings (SSSR count). The van der Waals surface area contributed by atoms with E-state index in [0.717, 1.165) is 0 Å². The summed E-state index contributed by atoms with van der Waals surface area (Å²) in [6.45, 7) is 2.43. The predicted octanol–water partition coefficient (Wildman–Crippen LogP) is 0.680. The minimum absolute atomic E-state index is 0.0431. The fourth-order valence-corrected chi connectivity index (χ4v) is 3.88. The lowest BCUT2D eigenvalue weighted by Gasteiger charge is -2.09. The Bertz CT molecular complexity index is 766. The minimum Gasteiger partial charge on any atom is -0.494 e. The molecule has 1 saturated heterocycles. The first kappa shape index (κ1) is 17.7. The van der Waals surface area contributed by atoms with E-state index in [0.29, 0.717) is 24.5 Å². The summed E-state index contributed by atoms with van der Waals surface area (Å²) in [5.41, 5.74) is 2.84. The highest BCUT2D eigenvalue weighted by atomic mass is 32.2. The molecule has 1 fully saturated rings. The average molecular weight is 350 g/mol. The van der Waals surface area contributed by atoms with Crippen molar-refractivity contribution in [3.8, 4) is 11.8 Å². The lowest BCUT2D eigenvalue weighted by Crippen LogP contribution is -2.39. The van der Waals surface area contributed by atoms with Gasteiger partial charge in [-0.15, -0.1) is 0 Å². The van der Waals surface area contributed by atoms with Crippen LogP contribution in [0.3, 0.4) is 0 Å². The topological polar surface area (TPSA) is 121 Å². The largest absolute Gasteiger partial charge is 0.494 e. The van der Waals surface area contributed by atoms with Crippen molar-refractivity contribution in [2.24, 2.45) is 5.10 Å². The highest BCUT2D eigenvalue weighted by Crippen LogP contribution is 2.15. The number of rotatable bonds is 6. The smallest absolute Gasteiger partial charge is 0.282 e. The zero-order valence-corrected chi connectivity index (χ0v) is 14.0. The molecule has 8 nitrogen and oxygen atoms in total. The molecule has 128 valence electrons. The van der Waals surface area contributed by atoms with Gasteiger partial charge in [0, 0.05) is 6.04 Å². The normalized spacial score (nSPS) is 19.3. The number of nitrogens with zero attached hydrogens (tertiary/aromatic N) is 2. The number of amides is 1. The van der Waals surface area contributed by atoms with Crippen LogP contribution in [0.4, 0.5) is 5.69 Å². The summed E-state index contributed by atoms with van der Waals surface area (Å²) in [4.78, 5) is 12.0. The van der Waals surface area contributed by atoms with Gasteiger partial charge < -0.3 is 10.1 Å². The van der Waals surface area contributed by atoms with Gasteiger partial charge in [-0.2, -0.15) is 10.4 Å². The molecule has 1 heterocycles. The Hall–Kier alpha value is -2.60. The molecule has 2 N–H and O–H groups in total. The van der Waals surface area contributed by atoms with Crippen molar-refractivity contribution in [3.05, 3.63) is 24.3 Å². The SMILES string of the molecule is CCOc1ccc(N/N=C(\C#N)C(=O)NC2CCS(=O)(=O)C2)cc1. The molecule has 0 bridgehead atoms. The van der Waals surface area contributed by atoms with Gasteiger partial charge in [0.2, 0.25) is 5.71 Å². The van der Waals surface area contributed by atoms with E-state index in [2.05, 4.69) is 15.8 Å². The third-order valence-corrected chi connectivity index (χ3v) is 5.12. The Morgan fingerprint density at radius 2 is 2.12 bits per heavy atom. The maximum absolute atomic E-state index is 12.0. The predicted molar refractivity (Wildman–Crippen MR) is 89.5 cm³/mol. The first-order chi connectivity index (χ1) is 11.4. The second-order valence-corrected chi connectivity index (χ2v) is 7.44. The molecule has 1 amide bonds. The molecule has 1 atom stereocenters. The van der Waals surface area contributed by atoms with Gasteiger partial charge in [-0.05, 0) is 37.6 Å². The van der Waals surface area contributed by atoms with E-state index >= 15 is 0 Å². The number of nitriles is 1. The maximum atomic E-state index is 12.0. The van der Waals surface area contributed by atoms with Gasteiger partial charge in [-0.3, -0.25) is 10.2 Å². The van der Waals surface area contributed by atoms with Gasteiger partial charge in [-0.25, -0.2) is 8.42 Å². The van der Waals surface area contributed by atoms with Gasteiger partial charge in [0.05, 0.1) is 23.8 Å². The van der Waals surface area contributed by atoms with Crippen LogP contribution in [-0.2, 0) is 14.6 Å². The number of hydrogen-bond donors (Lipinski definition) is 2. The standard InChI is InChI=1S/C15H18N4O4S/c1-2-23-13-5-3-11(4-6-13)18-19-14(9-16)15(20)17-12-7-8-24(21,22)10-12/h3-6,12,18H,2,7-8,10H2,1H3,(H,17,20)/b19-14+. The van der Waals surface area contributed by atoms with Crippen LogP contribution in [0.5, 0.6) is 5.75 Å². The van der Waals surface area contributed by atoms with E-state index in [1.54, 1.807) is 30.3 Å². The van der Waals surface area contributed by atoms with Gasteiger partial charge in [0.1, 0.15) is 11.8 Å². The Kier molecular flexibility index (Phi) is 5.76. The number of carbonyl (C=O) groups is 1. The van der Waals surface area contributed by atoms with Gasteiger partial charge in [0.25, 0.3) is 5.91 Å². The molecule has 1 aliphatic rings. The van der Waals surface area contributed by atoms with Crippen LogP contribution in [0.1, 0.15) is 13.3 Å². The van der Waals surface area contributed by atoms with Crippen LogP contribution in [0.2, 0.25) is 0 Å². The van der Waals surface area contributed by atoms with Crippen LogP contribution < -0.4 is 15.5 Å². The van der Waals surface area contributed by atoms with Crippen molar-refractivity contribution in [1.29, 1.82) is 5.26 Å². The summed E-state index contributed by atoms with van der Waals surface area (Å²) in [5.74, 6) is -0.0590. The maximum Gasteiger partial charge on any atom is 0.282 e. The number of hydrazone groups is 1. The first-order valence-corrected chi connectivity index (χ1v) is 9.23. The molecule has 24 heavy (non-hydrogen) atoms. The van der Waals surface area contributed by atoms with Crippen molar-refractivity contribution >= 4 is 27.1 Å². The minimum atomic E-state index is -3.10. The number of sulfone groups is 1. The molecule has 0 aliphatic carbocycles. The highest BCUT2D eigenvalue weighted by molar-refractivity contribution is 7.91. The summed E-state index contributed by atoms with van der Waals surface area (Å²) in [6, 6.07) is 8.08. The van der Waals surface area contributed by atoms with Crippen molar-refractivity contribution in [2.75, 3.05) is 23.5 Å². The number of hydrogen-bond acceptors (Lipinski definition) is 7. The Balaban J connectivity index is 1.96. The Morgan fingerprint density at radius 3 is 2.67 bits per heavy atom. The molecular weight excluding hydrogens is 332 g/mol. The molecule has 1 aromatic carbocycles. The van der Waals surface area contributed by atoms with Crippen LogP contribution >= 0.6 is 0 Å². The zero-order chi connectivity index (χ0) is 17.6. The van der Waals surface area contributed by atoms with Crippen LogP contribution in [0, 0.1) is 11.3 Å². The Labute approximate surface area is 140 Å². The molecule has 0 spiro atoms. The first-order valence-electron chi connectivity index (χ1n) is 7.41. The third kappa shape index (κ3) is 4.96. The van der Waals surface area contributed by atoms with Crippen LogP contribution in [-0.4, -0.2) is 44.2 Å². The summed E-state index contributed by atoms with van der Waals surface area (Å²) in [5, 5.41) is 15.3. The summed E-state index contributed by atoms with van der Waals surface area (Å²) >= 11 is 0. The van der Waals surface area contributed by atoms with E-state index in [9.17, 15) is 13.2 Å². The quantitative estimate of drug-likeness (QED) is 0.575. The third-order valence-electron chi connectivity index (χ3n) is 3.35. The molecule has 1 unspecified atom stereocenters. The second-order valence-electron chi connectivity index (χ2n) is 5.21. The number of anilines is 1. The van der Waals surface area contributed by atoms with Gasteiger partial charge in [0.15, 0.2) is 9.84 Å². The van der Waals surface area contributed by atoms with Crippen LogP contribution in [0.15, 0.2) is 29.4 Å². The molecule has 1 aromatic rings. The molecule has 1 aliphatic heterocycles. The number of ether oxygens (including phenoxy) is 1. The summed E-state index contributed by atoms with van der Waals surface area (Å²) < 4.78 is 28.1. The van der Waals surface area contributed by atoms with Crippen LogP contribution in [0.25, 0.3) is 0 Å². The monoisotopic (exact) mass is 350 g/mol. The van der Waals surface area contributed by atoms with Gasteiger partial charge in [-0.1, -0.05) is 0 Å². The lowest BCUT2D eigenvalue weighted by atomic mass is 10.2. The van der Waals surface area contributed by atoms with E-state index in [1.807, 2.05) is 6.92 Å². The number of carbonyl (C=O) groups excluding carboxylic acids is 1. The summed E-state index contributed by atoms with van der Waals surface area (Å²) in [7, 11) is -3.10. The van der Waals surface area contributed by atoms with Gasteiger partial charge >= 0.3 is 0 Å². The highest BCUT2D eigenvalue weighted by Gasteiger charge is 2.29. The number of benzene rings is 1. The number of nitrogens with one attached hydrogen (secondary N) is 2.